The Morgan fingerprint density at radius 3 is 2.19 bits per heavy atom. The summed E-state index contributed by atoms with van der Waals surface area (Å²) in [4.78, 5) is 41.9. The molecule has 8 heteroatoms. The summed E-state index contributed by atoms with van der Waals surface area (Å²) in [5.41, 5.74) is 5.26. The van der Waals surface area contributed by atoms with Crippen LogP contribution in [0.1, 0.15) is 38.5 Å². The summed E-state index contributed by atoms with van der Waals surface area (Å²) in [7, 11) is 0. The molecule has 3 heterocycles. The highest BCUT2D eigenvalue weighted by Gasteiger charge is 2.31. The molecule has 0 bridgehead atoms. The van der Waals surface area contributed by atoms with Crippen molar-refractivity contribution < 1.29 is 14.4 Å². The molecule has 8 nitrogen and oxygen atoms in total. The van der Waals surface area contributed by atoms with Crippen molar-refractivity contribution in [3.63, 3.8) is 0 Å². The van der Waals surface area contributed by atoms with Crippen LogP contribution in [-0.2, 0) is 9.59 Å². The highest BCUT2D eigenvalue weighted by atomic mass is 16.2. The number of primary amides is 1. The van der Waals surface area contributed by atoms with E-state index in [1.165, 1.54) is 0 Å². The lowest BCUT2D eigenvalue weighted by Crippen LogP contribution is -2.52. The molecule has 3 rings (SSSR count). The van der Waals surface area contributed by atoms with Gasteiger partial charge in [-0.15, -0.1) is 0 Å². The Balaban J connectivity index is 1.41. The number of amides is 4. The van der Waals surface area contributed by atoms with Crippen LogP contribution >= 0.6 is 0 Å². The first-order chi connectivity index (χ1) is 12.5. The summed E-state index contributed by atoms with van der Waals surface area (Å²) in [6.45, 7) is 4.81. The van der Waals surface area contributed by atoms with Crippen LogP contribution in [0.15, 0.2) is 0 Å². The predicted molar refractivity (Wildman–Crippen MR) is 97.3 cm³/mol. The maximum atomic E-state index is 12.6. The number of urea groups is 1. The maximum absolute atomic E-state index is 12.6. The minimum absolute atomic E-state index is 0.0727. The van der Waals surface area contributed by atoms with Gasteiger partial charge in [-0.2, -0.15) is 0 Å². The smallest absolute Gasteiger partial charge is 0.319 e. The molecule has 0 saturated carbocycles. The molecule has 3 aliphatic rings. The highest BCUT2D eigenvalue weighted by Crippen LogP contribution is 2.19. The summed E-state index contributed by atoms with van der Waals surface area (Å²) in [5.74, 6) is -0.350. The van der Waals surface area contributed by atoms with E-state index >= 15 is 0 Å². The van der Waals surface area contributed by atoms with Gasteiger partial charge in [0.15, 0.2) is 0 Å². The molecular weight excluding hydrogens is 334 g/mol. The minimum atomic E-state index is -0.346. The summed E-state index contributed by atoms with van der Waals surface area (Å²) in [6.07, 6.45) is 5.59. The summed E-state index contributed by atoms with van der Waals surface area (Å²) in [5, 5.41) is 3.16. The van der Waals surface area contributed by atoms with Crippen molar-refractivity contribution >= 4 is 17.8 Å². The fourth-order valence-corrected chi connectivity index (χ4v) is 4.28. The number of hydrogen-bond donors (Lipinski definition) is 2. The number of hydrogen-bond acceptors (Lipinski definition) is 4. The Bertz CT molecular complexity index is 527. The zero-order valence-electron chi connectivity index (χ0n) is 15.5. The van der Waals surface area contributed by atoms with Gasteiger partial charge in [0, 0.05) is 38.8 Å². The van der Waals surface area contributed by atoms with Crippen LogP contribution < -0.4 is 11.1 Å². The third-order valence-electron chi connectivity index (χ3n) is 5.74. The van der Waals surface area contributed by atoms with E-state index in [0.29, 0.717) is 19.6 Å². The van der Waals surface area contributed by atoms with E-state index < -0.39 is 0 Å². The third kappa shape index (κ3) is 4.87. The van der Waals surface area contributed by atoms with E-state index in [9.17, 15) is 14.4 Å². The van der Waals surface area contributed by atoms with Crippen molar-refractivity contribution in [2.45, 2.75) is 44.6 Å². The van der Waals surface area contributed by atoms with Crippen molar-refractivity contribution in [1.82, 2.24) is 20.0 Å². The van der Waals surface area contributed by atoms with Crippen molar-refractivity contribution in [1.29, 1.82) is 0 Å². The molecule has 146 valence electrons. The van der Waals surface area contributed by atoms with Crippen LogP contribution in [-0.4, -0.2) is 84.4 Å². The summed E-state index contributed by atoms with van der Waals surface area (Å²) < 4.78 is 0. The Morgan fingerprint density at radius 2 is 1.54 bits per heavy atom. The number of carbonyl (C=O) groups excluding carboxylic acids is 3. The van der Waals surface area contributed by atoms with Crippen molar-refractivity contribution in [3.8, 4) is 0 Å². The van der Waals surface area contributed by atoms with E-state index in [4.69, 9.17) is 5.73 Å². The molecule has 4 amide bonds. The first-order valence-electron chi connectivity index (χ1n) is 9.88. The van der Waals surface area contributed by atoms with Gasteiger partial charge in [0.05, 0.1) is 12.5 Å². The number of carbonyl (C=O) groups is 3. The largest absolute Gasteiger partial charge is 0.369 e. The van der Waals surface area contributed by atoms with E-state index in [1.54, 1.807) is 0 Å². The Morgan fingerprint density at radius 1 is 0.885 bits per heavy atom. The number of piperidine rings is 2. The van der Waals surface area contributed by atoms with Gasteiger partial charge in [-0.3, -0.25) is 14.5 Å². The zero-order chi connectivity index (χ0) is 18.5. The molecule has 3 N–H and O–H groups in total. The normalized spacial score (nSPS) is 25.3. The van der Waals surface area contributed by atoms with Gasteiger partial charge < -0.3 is 20.9 Å². The second-order valence-corrected chi connectivity index (χ2v) is 7.79. The number of nitrogens with one attached hydrogen (secondary N) is 1. The third-order valence-corrected chi connectivity index (χ3v) is 5.74. The van der Waals surface area contributed by atoms with Gasteiger partial charge in [0.2, 0.25) is 11.8 Å². The van der Waals surface area contributed by atoms with Crippen LogP contribution in [0, 0.1) is 5.92 Å². The molecular formula is C18H31N5O3. The summed E-state index contributed by atoms with van der Waals surface area (Å²) >= 11 is 0. The number of rotatable bonds is 4. The number of likely N-dealkylation sites (tertiary alicyclic amines) is 3. The number of nitrogens with two attached hydrogens (primary N) is 1. The predicted octanol–water partition coefficient (Wildman–Crippen LogP) is -0.0199. The highest BCUT2D eigenvalue weighted by molar-refractivity contribution is 5.80. The lowest BCUT2D eigenvalue weighted by atomic mass is 9.95. The topological polar surface area (TPSA) is 99.0 Å². The molecule has 26 heavy (non-hydrogen) atoms. The average Bonchev–Trinajstić information content (AvgIpc) is 3.16. The van der Waals surface area contributed by atoms with E-state index in [2.05, 4.69) is 5.32 Å². The van der Waals surface area contributed by atoms with Crippen molar-refractivity contribution in [2.24, 2.45) is 11.7 Å². The fraction of sp³-hybridized carbons (Fsp3) is 0.833. The molecule has 0 aromatic carbocycles. The molecule has 3 aliphatic heterocycles. The molecule has 0 spiro atoms. The quantitative estimate of drug-likeness (QED) is 0.731. The second kappa shape index (κ2) is 8.70. The van der Waals surface area contributed by atoms with Crippen LogP contribution in [0.4, 0.5) is 4.79 Å². The second-order valence-electron chi connectivity index (χ2n) is 7.79. The SMILES string of the molecule is NC(=O)CN1CCCC(C(=O)NC2CCN(C(=O)N3CCCC3)CC2)C1. The molecule has 0 aliphatic carbocycles. The molecule has 3 saturated heterocycles. The Labute approximate surface area is 155 Å². The first-order valence-corrected chi connectivity index (χ1v) is 9.88. The Hall–Kier alpha value is -1.83. The first kappa shape index (κ1) is 18.9. The van der Waals surface area contributed by atoms with Gasteiger partial charge in [-0.25, -0.2) is 4.79 Å². The van der Waals surface area contributed by atoms with Gasteiger partial charge in [-0.1, -0.05) is 0 Å². The molecule has 1 unspecified atom stereocenters. The van der Waals surface area contributed by atoms with E-state index in [-0.39, 0.29) is 36.3 Å². The number of nitrogens with zero attached hydrogens (tertiary/aromatic N) is 3. The maximum Gasteiger partial charge on any atom is 0.319 e. The molecule has 0 radical (unpaired) electrons. The standard InChI is InChI=1S/C18H31N5O3/c19-16(24)13-21-7-3-4-14(12-21)17(25)20-15-5-10-23(11-6-15)18(26)22-8-1-2-9-22/h14-15H,1-13H2,(H2,19,24)(H,20,25). The van der Waals surface area contributed by atoms with E-state index in [0.717, 1.165) is 58.2 Å². The van der Waals surface area contributed by atoms with Gasteiger partial charge in [-0.05, 0) is 45.1 Å². The van der Waals surface area contributed by atoms with Crippen LogP contribution in [0.25, 0.3) is 0 Å². The molecule has 3 fully saturated rings. The van der Waals surface area contributed by atoms with Crippen LogP contribution in [0.5, 0.6) is 0 Å². The van der Waals surface area contributed by atoms with Gasteiger partial charge >= 0.3 is 6.03 Å². The van der Waals surface area contributed by atoms with Crippen molar-refractivity contribution in [2.75, 3.05) is 45.8 Å². The molecule has 0 aromatic rings. The molecule has 1 atom stereocenters. The lowest BCUT2D eigenvalue weighted by Gasteiger charge is -2.36. The zero-order valence-corrected chi connectivity index (χ0v) is 15.5. The minimum Gasteiger partial charge on any atom is -0.369 e. The van der Waals surface area contributed by atoms with Crippen LogP contribution in [0.3, 0.4) is 0 Å². The van der Waals surface area contributed by atoms with Gasteiger partial charge in [0.1, 0.15) is 0 Å². The fourth-order valence-electron chi connectivity index (χ4n) is 4.28. The van der Waals surface area contributed by atoms with E-state index in [1.807, 2.05) is 14.7 Å². The Kier molecular flexibility index (Phi) is 6.34. The van der Waals surface area contributed by atoms with Crippen molar-refractivity contribution in [3.05, 3.63) is 0 Å². The average molecular weight is 365 g/mol. The lowest BCUT2D eigenvalue weighted by molar-refractivity contribution is -0.129. The monoisotopic (exact) mass is 365 g/mol. The van der Waals surface area contributed by atoms with Gasteiger partial charge in [0.25, 0.3) is 0 Å². The molecule has 0 aromatic heterocycles. The van der Waals surface area contributed by atoms with Crippen LogP contribution in [0.2, 0.25) is 0 Å². The summed E-state index contributed by atoms with van der Waals surface area (Å²) in [6, 6.07) is 0.290.